The topological polar surface area (TPSA) is 111 Å². The van der Waals surface area contributed by atoms with E-state index < -0.39 is 30.6 Å². The normalized spacial score (nSPS) is 43.9. The van der Waals surface area contributed by atoms with Gasteiger partial charge in [-0.2, -0.15) is 0 Å². The summed E-state index contributed by atoms with van der Waals surface area (Å²) in [6, 6.07) is -0.743. The van der Waals surface area contributed by atoms with Gasteiger partial charge in [0, 0.05) is 6.54 Å². The molecule has 1 heterocycles. The van der Waals surface area contributed by atoms with E-state index in [1.807, 2.05) is 0 Å². The van der Waals surface area contributed by atoms with Gasteiger partial charge in [-0.3, -0.25) is 0 Å². The van der Waals surface area contributed by atoms with Gasteiger partial charge in [0.2, 0.25) is 0 Å². The summed E-state index contributed by atoms with van der Waals surface area (Å²) in [5, 5.41) is 18.9. The Labute approximate surface area is 82.8 Å². The Kier molecular flexibility index (Phi) is 4.24. The Hall–Kier alpha value is -0.240. The van der Waals surface area contributed by atoms with Gasteiger partial charge in [0.25, 0.3) is 0 Å². The highest BCUT2D eigenvalue weighted by molar-refractivity contribution is 4.89. The molecule has 5 unspecified atom stereocenters. The molecule has 1 saturated heterocycles. The summed E-state index contributed by atoms with van der Waals surface area (Å²) in [4.78, 5) is 0. The first-order valence-electron chi connectivity index (χ1n) is 4.66. The molecule has 6 N–H and O–H groups in total. The maximum absolute atomic E-state index is 9.52. The maximum Gasteiger partial charge on any atom is 0.175 e. The first kappa shape index (κ1) is 11.8. The molecule has 0 radical (unpaired) electrons. The average molecular weight is 206 g/mol. The monoisotopic (exact) mass is 206 g/mol. The lowest BCUT2D eigenvalue weighted by molar-refractivity contribution is -0.254. The molecule has 0 saturated carbocycles. The van der Waals surface area contributed by atoms with Gasteiger partial charge in [-0.25, -0.2) is 0 Å². The molecule has 5 atom stereocenters. The fourth-order valence-electron chi connectivity index (χ4n) is 1.38. The van der Waals surface area contributed by atoms with Crippen LogP contribution in [0.1, 0.15) is 6.92 Å². The minimum atomic E-state index is -1.03. The van der Waals surface area contributed by atoms with Gasteiger partial charge in [0.05, 0.1) is 18.8 Å². The second kappa shape index (κ2) is 5.01. The van der Waals surface area contributed by atoms with Gasteiger partial charge in [-0.05, 0) is 6.92 Å². The van der Waals surface area contributed by atoms with Crippen molar-refractivity contribution in [1.29, 1.82) is 0 Å². The Morgan fingerprint density at radius 3 is 2.57 bits per heavy atom. The summed E-state index contributed by atoms with van der Waals surface area (Å²) >= 11 is 0. The summed E-state index contributed by atoms with van der Waals surface area (Å²) in [6.45, 7) is 2.33. The average Bonchev–Trinajstić information content (AvgIpc) is 2.18. The van der Waals surface area contributed by atoms with Crippen molar-refractivity contribution in [2.24, 2.45) is 11.5 Å². The number of rotatable bonds is 3. The summed E-state index contributed by atoms with van der Waals surface area (Å²) in [5.74, 6) is 0. The molecule has 0 amide bonds. The predicted molar refractivity (Wildman–Crippen MR) is 49.3 cm³/mol. The van der Waals surface area contributed by atoms with Crippen LogP contribution in [0.5, 0.6) is 0 Å². The van der Waals surface area contributed by atoms with Crippen LogP contribution in [0.25, 0.3) is 0 Å². The second-order valence-corrected chi connectivity index (χ2v) is 3.43. The van der Waals surface area contributed by atoms with Crippen LogP contribution < -0.4 is 11.5 Å². The Morgan fingerprint density at radius 1 is 1.36 bits per heavy atom. The highest BCUT2D eigenvalue weighted by Crippen LogP contribution is 2.19. The predicted octanol–water partition coefficient (Wildman–Crippen LogP) is -2.24. The molecule has 0 aromatic rings. The lowest BCUT2D eigenvalue weighted by Crippen LogP contribution is -2.61. The van der Waals surface area contributed by atoms with Gasteiger partial charge in [0.1, 0.15) is 12.2 Å². The zero-order valence-corrected chi connectivity index (χ0v) is 8.17. The van der Waals surface area contributed by atoms with Crippen LogP contribution >= 0.6 is 0 Å². The third kappa shape index (κ3) is 2.41. The molecule has 0 aromatic heterocycles. The van der Waals surface area contributed by atoms with Crippen LogP contribution in [0.15, 0.2) is 0 Å². The van der Waals surface area contributed by atoms with E-state index in [4.69, 9.17) is 20.9 Å². The summed E-state index contributed by atoms with van der Waals surface area (Å²) in [6.07, 6.45) is -3.19. The summed E-state index contributed by atoms with van der Waals surface area (Å²) in [7, 11) is 0. The van der Waals surface area contributed by atoms with Crippen LogP contribution in [-0.2, 0) is 9.47 Å². The van der Waals surface area contributed by atoms with Crippen LogP contribution in [0.4, 0.5) is 0 Å². The molecule has 14 heavy (non-hydrogen) atoms. The lowest BCUT2D eigenvalue weighted by Gasteiger charge is -2.39. The molecule has 1 aliphatic rings. The zero-order valence-electron chi connectivity index (χ0n) is 8.17. The van der Waals surface area contributed by atoms with Gasteiger partial charge in [-0.15, -0.1) is 0 Å². The van der Waals surface area contributed by atoms with E-state index in [2.05, 4.69) is 0 Å². The van der Waals surface area contributed by atoms with E-state index in [1.165, 1.54) is 0 Å². The quantitative estimate of drug-likeness (QED) is 0.415. The number of hydrogen-bond donors (Lipinski definition) is 4. The number of nitrogens with two attached hydrogens (primary N) is 2. The summed E-state index contributed by atoms with van der Waals surface area (Å²) in [5.41, 5.74) is 10.9. The van der Waals surface area contributed by atoms with E-state index in [0.29, 0.717) is 13.2 Å². The van der Waals surface area contributed by atoms with Gasteiger partial charge in [-0.1, -0.05) is 0 Å². The zero-order chi connectivity index (χ0) is 10.7. The van der Waals surface area contributed by atoms with Crippen LogP contribution in [0, 0.1) is 0 Å². The fourth-order valence-corrected chi connectivity index (χ4v) is 1.38. The molecule has 6 nitrogen and oxygen atoms in total. The molecule has 0 aromatic carbocycles. The first-order chi connectivity index (χ1) is 6.57. The smallest absolute Gasteiger partial charge is 0.175 e. The molecule has 84 valence electrons. The van der Waals surface area contributed by atoms with Crippen molar-refractivity contribution in [2.45, 2.75) is 37.6 Å². The van der Waals surface area contributed by atoms with Crippen LogP contribution in [-0.4, -0.2) is 54.0 Å². The van der Waals surface area contributed by atoms with E-state index in [1.54, 1.807) is 6.92 Å². The Morgan fingerprint density at radius 2 is 2.00 bits per heavy atom. The highest BCUT2D eigenvalue weighted by atomic mass is 16.7. The lowest BCUT2D eigenvalue weighted by atomic mass is 9.98. The first-order valence-corrected chi connectivity index (χ1v) is 4.66. The van der Waals surface area contributed by atoms with Crippen LogP contribution in [0.2, 0.25) is 0 Å². The molecule has 0 aliphatic carbocycles. The minimum Gasteiger partial charge on any atom is -0.388 e. The van der Waals surface area contributed by atoms with Crippen molar-refractivity contribution in [2.75, 3.05) is 13.2 Å². The number of hydrogen-bond acceptors (Lipinski definition) is 6. The van der Waals surface area contributed by atoms with Gasteiger partial charge >= 0.3 is 0 Å². The number of aliphatic hydroxyl groups excluding tert-OH is 2. The Balaban J connectivity index is 2.52. The largest absolute Gasteiger partial charge is 0.388 e. The molecular weight excluding hydrogens is 188 g/mol. The summed E-state index contributed by atoms with van der Waals surface area (Å²) < 4.78 is 10.5. The van der Waals surface area contributed by atoms with Crippen molar-refractivity contribution in [3.05, 3.63) is 0 Å². The molecule has 1 fully saturated rings. The SMILES string of the molecule is CC1OC(OCCN)C(N)C(O)C1O. The van der Waals surface area contributed by atoms with Crippen LogP contribution in [0.3, 0.4) is 0 Å². The second-order valence-electron chi connectivity index (χ2n) is 3.43. The van der Waals surface area contributed by atoms with Crippen molar-refractivity contribution in [3.63, 3.8) is 0 Å². The standard InChI is InChI=1S/C8H18N2O4/c1-4-6(11)7(12)5(10)8(14-4)13-3-2-9/h4-8,11-12H,2-3,9-10H2,1H3. The molecular formula is C8H18N2O4. The van der Waals surface area contributed by atoms with Gasteiger partial charge in [0.15, 0.2) is 6.29 Å². The van der Waals surface area contributed by atoms with Gasteiger partial charge < -0.3 is 31.2 Å². The third-order valence-electron chi connectivity index (χ3n) is 2.29. The number of aliphatic hydroxyl groups is 2. The maximum atomic E-state index is 9.52. The minimum absolute atomic E-state index is 0.313. The molecule has 6 heteroatoms. The Bertz CT molecular complexity index is 181. The van der Waals surface area contributed by atoms with E-state index in [9.17, 15) is 10.2 Å². The van der Waals surface area contributed by atoms with E-state index >= 15 is 0 Å². The highest BCUT2D eigenvalue weighted by Gasteiger charge is 2.41. The molecule has 0 spiro atoms. The molecule has 1 aliphatic heterocycles. The molecule has 0 bridgehead atoms. The van der Waals surface area contributed by atoms with Crippen molar-refractivity contribution in [1.82, 2.24) is 0 Å². The number of ether oxygens (including phenoxy) is 2. The molecule has 1 rings (SSSR count). The van der Waals surface area contributed by atoms with Crippen molar-refractivity contribution >= 4 is 0 Å². The van der Waals surface area contributed by atoms with E-state index in [-0.39, 0.29) is 0 Å². The van der Waals surface area contributed by atoms with E-state index in [0.717, 1.165) is 0 Å². The fraction of sp³-hybridized carbons (Fsp3) is 1.00. The van der Waals surface area contributed by atoms with Crippen molar-refractivity contribution < 1.29 is 19.7 Å². The van der Waals surface area contributed by atoms with Crippen molar-refractivity contribution in [3.8, 4) is 0 Å². The third-order valence-corrected chi connectivity index (χ3v) is 2.29.